The van der Waals surface area contributed by atoms with Gasteiger partial charge >= 0.3 is 0 Å². The Bertz CT molecular complexity index is 2640. The molecule has 0 aliphatic heterocycles. The minimum Gasteiger partial charge on any atom is -0.264 e. The average Bonchev–Trinajstić information content (AvgIpc) is 3.13. The van der Waals surface area contributed by atoms with E-state index in [0.717, 1.165) is 5.39 Å². The van der Waals surface area contributed by atoms with Crippen LogP contribution in [0.3, 0.4) is 0 Å². The smallest absolute Gasteiger partial charge is 0.0353 e. The lowest BCUT2D eigenvalue weighted by Gasteiger charge is -2.19. The highest BCUT2D eigenvalue weighted by Gasteiger charge is 2.18. The second-order valence-electron chi connectivity index (χ2n) is 12.4. The summed E-state index contributed by atoms with van der Waals surface area (Å²) in [5.41, 5.74) is 11.0. The van der Waals surface area contributed by atoms with Crippen LogP contribution in [0.4, 0.5) is 0 Å². The van der Waals surface area contributed by atoms with E-state index in [1.54, 1.807) is 0 Å². The summed E-state index contributed by atoms with van der Waals surface area (Å²) < 4.78 is 0. The summed E-state index contributed by atoms with van der Waals surface area (Å²) in [4.78, 5) is 4.68. The largest absolute Gasteiger partial charge is 0.264 e. The quantitative estimate of drug-likeness (QED) is 0.184. The Labute approximate surface area is 274 Å². The van der Waals surface area contributed by atoms with Gasteiger partial charge in [-0.2, -0.15) is 0 Å². The molecule has 9 aromatic rings. The van der Waals surface area contributed by atoms with Crippen LogP contribution in [-0.4, -0.2) is 4.98 Å². The summed E-state index contributed by atoms with van der Waals surface area (Å²) in [6.45, 7) is 2.19. The fourth-order valence-corrected chi connectivity index (χ4v) is 7.45. The molecule has 9 rings (SSSR count). The summed E-state index contributed by atoms with van der Waals surface area (Å²) in [7, 11) is 0. The zero-order valence-corrected chi connectivity index (χ0v) is 26.1. The second kappa shape index (κ2) is 11.1. The maximum atomic E-state index is 4.68. The van der Waals surface area contributed by atoms with E-state index in [1.165, 1.54) is 87.8 Å². The van der Waals surface area contributed by atoms with E-state index in [1.807, 2.05) is 12.4 Å². The number of rotatable bonds is 4. The van der Waals surface area contributed by atoms with Crippen molar-refractivity contribution in [1.29, 1.82) is 0 Å². The lowest BCUT2D eigenvalue weighted by Crippen LogP contribution is -1.93. The molecule has 0 aliphatic rings. The van der Waals surface area contributed by atoms with Gasteiger partial charge in [0.2, 0.25) is 0 Å². The van der Waals surface area contributed by atoms with Crippen molar-refractivity contribution in [2.45, 2.75) is 6.92 Å². The maximum absolute atomic E-state index is 4.68. The number of hydrogen-bond donors (Lipinski definition) is 0. The van der Waals surface area contributed by atoms with E-state index in [0.29, 0.717) is 0 Å². The fourth-order valence-electron chi connectivity index (χ4n) is 7.45. The van der Waals surface area contributed by atoms with Crippen LogP contribution in [0.25, 0.3) is 87.6 Å². The van der Waals surface area contributed by atoms with E-state index in [-0.39, 0.29) is 0 Å². The molecule has 0 radical (unpaired) electrons. The van der Waals surface area contributed by atoms with Crippen LogP contribution in [-0.2, 0) is 0 Å². The first-order valence-corrected chi connectivity index (χ1v) is 16.2. The van der Waals surface area contributed by atoms with Gasteiger partial charge in [0, 0.05) is 17.8 Å². The van der Waals surface area contributed by atoms with Crippen molar-refractivity contribution in [3.05, 3.63) is 176 Å². The van der Waals surface area contributed by atoms with E-state index in [4.69, 9.17) is 0 Å². The van der Waals surface area contributed by atoms with Crippen LogP contribution in [0, 0.1) is 6.92 Å². The van der Waals surface area contributed by atoms with Crippen molar-refractivity contribution in [3.8, 4) is 44.5 Å². The number of benzene rings is 8. The summed E-state index contributed by atoms with van der Waals surface area (Å²) in [6.07, 6.45) is 3.98. The van der Waals surface area contributed by atoms with Crippen LogP contribution in [0.1, 0.15) is 5.56 Å². The van der Waals surface area contributed by atoms with E-state index in [9.17, 15) is 0 Å². The zero-order valence-electron chi connectivity index (χ0n) is 26.1. The number of nitrogens with zero attached hydrogens (tertiary/aromatic N) is 1. The average molecular weight is 598 g/mol. The third kappa shape index (κ3) is 4.59. The van der Waals surface area contributed by atoms with Gasteiger partial charge in [0.25, 0.3) is 0 Å². The number of aryl methyl sites for hydroxylation is 1. The molecular formula is C46H31N. The molecule has 1 aromatic heterocycles. The van der Waals surface area contributed by atoms with Crippen molar-refractivity contribution in [2.24, 2.45) is 0 Å². The van der Waals surface area contributed by atoms with Crippen molar-refractivity contribution in [2.75, 3.05) is 0 Å². The lowest BCUT2D eigenvalue weighted by molar-refractivity contribution is 1.37. The van der Waals surface area contributed by atoms with Gasteiger partial charge in [0.1, 0.15) is 0 Å². The minimum atomic E-state index is 1.16. The Hall–Kier alpha value is -6.05. The predicted molar refractivity (Wildman–Crippen MR) is 201 cm³/mol. The molecule has 0 saturated heterocycles. The molecule has 0 bridgehead atoms. The molecule has 0 unspecified atom stereocenters. The van der Waals surface area contributed by atoms with E-state index < -0.39 is 0 Å². The SMILES string of the molecule is Cc1ccc2c(-c3cccc(-c4cccc5ccccc45)c3)c3cnccc3c(-c3cccc(-c4cccc5ccccc45)c3)c2c1. The highest BCUT2D eigenvalue weighted by atomic mass is 14.6. The summed E-state index contributed by atoms with van der Waals surface area (Å²) in [5.74, 6) is 0. The molecule has 0 N–H and O–H groups in total. The first-order valence-electron chi connectivity index (χ1n) is 16.2. The van der Waals surface area contributed by atoms with Crippen LogP contribution < -0.4 is 0 Å². The molecule has 47 heavy (non-hydrogen) atoms. The number of aromatic nitrogens is 1. The zero-order chi connectivity index (χ0) is 31.3. The third-order valence-corrected chi connectivity index (χ3v) is 9.58. The topological polar surface area (TPSA) is 12.9 Å². The molecular weight excluding hydrogens is 567 g/mol. The highest BCUT2D eigenvalue weighted by molar-refractivity contribution is 6.21. The van der Waals surface area contributed by atoms with Crippen LogP contribution in [0.2, 0.25) is 0 Å². The van der Waals surface area contributed by atoms with Gasteiger partial charge in [0.15, 0.2) is 0 Å². The molecule has 0 aliphatic carbocycles. The number of fused-ring (bicyclic) bond motifs is 4. The normalized spacial score (nSPS) is 11.5. The van der Waals surface area contributed by atoms with Crippen LogP contribution in [0.5, 0.6) is 0 Å². The van der Waals surface area contributed by atoms with Crippen LogP contribution in [0.15, 0.2) is 170 Å². The second-order valence-corrected chi connectivity index (χ2v) is 12.4. The van der Waals surface area contributed by atoms with Gasteiger partial charge in [-0.15, -0.1) is 0 Å². The van der Waals surface area contributed by atoms with Crippen molar-refractivity contribution in [1.82, 2.24) is 4.98 Å². The molecule has 1 heterocycles. The Morgan fingerprint density at radius 2 is 0.872 bits per heavy atom. The van der Waals surface area contributed by atoms with Crippen molar-refractivity contribution in [3.63, 3.8) is 0 Å². The van der Waals surface area contributed by atoms with Gasteiger partial charge in [-0.25, -0.2) is 0 Å². The van der Waals surface area contributed by atoms with E-state index >= 15 is 0 Å². The molecule has 0 amide bonds. The summed E-state index contributed by atoms with van der Waals surface area (Å²) in [6, 6.07) is 57.6. The molecule has 1 heteroatoms. The number of pyridine rings is 1. The molecule has 0 fully saturated rings. The first-order chi connectivity index (χ1) is 23.2. The molecule has 1 nitrogen and oxygen atoms in total. The standard InChI is InChI=1S/C46H31N/c1-30-22-23-41-43(26-30)45(35-16-6-14-33(27-35)39-20-8-12-31-10-2-4-18-37(31)39)42-24-25-47-29-44(42)46(41)36-17-7-15-34(28-36)40-21-9-13-32-11-3-5-19-38(32)40/h2-29H,1H3. The Morgan fingerprint density at radius 3 is 1.51 bits per heavy atom. The summed E-state index contributed by atoms with van der Waals surface area (Å²) >= 11 is 0. The van der Waals surface area contributed by atoms with Crippen LogP contribution >= 0.6 is 0 Å². The molecule has 0 saturated carbocycles. The highest BCUT2D eigenvalue weighted by Crippen LogP contribution is 2.45. The molecule has 0 atom stereocenters. The minimum absolute atomic E-state index is 1.16. The van der Waals surface area contributed by atoms with E-state index in [2.05, 4.69) is 170 Å². The first kappa shape index (κ1) is 27.3. The third-order valence-electron chi connectivity index (χ3n) is 9.58. The van der Waals surface area contributed by atoms with Gasteiger partial charge < -0.3 is 0 Å². The monoisotopic (exact) mass is 597 g/mol. The Morgan fingerprint density at radius 1 is 0.362 bits per heavy atom. The van der Waals surface area contributed by atoms with Crippen molar-refractivity contribution >= 4 is 43.1 Å². The summed E-state index contributed by atoms with van der Waals surface area (Å²) in [5, 5.41) is 9.89. The Balaban J connectivity index is 1.30. The van der Waals surface area contributed by atoms with Gasteiger partial charge in [-0.05, 0) is 107 Å². The lowest BCUT2D eigenvalue weighted by atomic mass is 9.84. The van der Waals surface area contributed by atoms with Crippen molar-refractivity contribution < 1.29 is 0 Å². The fraction of sp³-hybridized carbons (Fsp3) is 0.0217. The molecule has 220 valence electrons. The predicted octanol–water partition coefficient (Wildman–Crippen LogP) is 12.7. The molecule has 0 spiro atoms. The van der Waals surface area contributed by atoms with Gasteiger partial charge in [-0.1, -0.05) is 145 Å². The van der Waals surface area contributed by atoms with Gasteiger partial charge in [-0.3, -0.25) is 4.98 Å². The molecule has 8 aromatic carbocycles. The maximum Gasteiger partial charge on any atom is 0.0353 e. The Kier molecular flexibility index (Phi) is 6.43. The van der Waals surface area contributed by atoms with Gasteiger partial charge in [0.05, 0.1) is 0 Å². The number of hydrogen-bond acceptors (Lipinski definition) is 1.